The fourth-order valence-electron chi connectivity index (χ4n) is 3.21. The Kier molecular flexibility index (Phi) is 6.68. The molecule has 10 heteroatoms. The first-order valence-electron chi connectivity index (χ1n) is 9.43. The second kappa shape index (κ2) is 9.23. The lowest BCUT2D eigenvalue weighted by Crippen LogP contribution is -2.35. The molecule has 2 aromatic carbocycles. The average Bonchev–Trinajstić information content (AvgIpc) is 2.75. The molecule has 0 aliphatic carbocycles. The number of benzene rings is 2. The number of hydrogen-bond acceptors (Lipinski definition) is 7. The standard InChI is InChI=1S/C20H22N2O7S/c1-28-16-7-10-19(18(14-16)22(24)25)29-20(23)13-15-5-8-17(9-6-15)30(26,27)21-11-3-2-4-12-21/h5-10,14H,2-4,11-13H2,1H3. The van der Waals surface area contributed by atoms with Crippen molar-refractivity contribution in [3.63, 3.8) is 0 Å². The molecule has 0 amide bonds. The molecular formula is C20H22N2O7S. The van der Waals surface area contributed by atoms with Crippen LogP contribution in [0.2, 0.25) is 0 Å². The first-order chi connectivity index (χ1) is 14.3. The van der Waals surface area contributed by atoms with Crippen LogP contribution in [0.4, 0.5) is 5.69 Å². The van der Waals surface area contributed by atoms with Gasteiger partial charge in [0.1, 0.15) is 5.75 Å². The Bertz CT molecular complexity index is 1030. The zero-order valence-corrected chi connectivity index (χ0v) is 17.3. The number of methoxy groups -OCH3 is 1. The molecule has 0 spiro atoms. The molecule has 3 rings (SSSR count). The molecule has 0 unspecified atom stereocenters. The number of ether oxygens (including phenoxy) is 2. The van der Waals surface area contributed by atoms with Crippen molar-refractivity contribution < 1.29 is 27.6 Å². The largest absolute Gasteiger partial charge is 0.496 e. The van der Waals surface area contributed by atoms with Crippen molar-refractivity contribution in [1.82, 2.24) is 4.31 Å². The second-order valence-electron chi connectivity index (χ2n) is 6.85. The zero-order chi connectivity index (χ0) is 21.7. The van der Waals surface area contributed by atoms with Crippen molar-refractivity contribution in [3.05, 3.63) is 58.1 Å². The van der Waals surface area contributed by atoms with Crippen molar-refractivity contribution in [2.24, 2.45) is 0 Å². The van der Waals surface area contributed by atoms with E-state index < -0.39 is 20.9 Å². The molecule has 0 bridgehead atoms. The number of sulfonamides is 1. The maximum Gasteiger partial charge on any atom is 0.315 e. The highest BCUT2D eigenvalue weighted by Gasteiger charge is 2.26. The molecule has 0 aromatic heterocycles. The maximum absolute atomic E-state index is 12.7. The highest BCUT2D eigenvalue weighted by atomic mass is 32.2. The van der Waals surface area contributed by atoms with Crippen molar-refractivity contribution in [1.29, 1.82) is 0 Å². The molecule has 0 radical (unpaired) electrons. The van der Waals surface area contributed by atoms with Crippen molar-refractivity contribution in [3.8, 4) is 11.5 Å². The van der Waals surface area contributed by atoms with E-state index in [4.69, 9.17) is 9.47 Å². The number of nitrogens with zero attached hydrogens (tertiary/aromatic N) is 2. The number of piperidine rings is 1. The SMILES string of the molecule is COc1ccc(OC(=O)Cc2ccc(S(=O)(=O)N3CCCCC3)cc2)c([N+](=O)[O-])c1. The highest BCUT2D eigenvalue weighted by Crippen LogP contribution is 2.31. The van der Waals surface area contributed by atoms with E-state index in [9.17, 15) is 23.3 Å². The van der Waals surface area contributed by atoms with Crippen LogP contribution in [0, 0.1) is 10.1 Å². The molecule has 1 aliphatic rings. The quantitative estimate of drug-likeness (QED) is 0.285. The summed E-state index contributed by atoms with van der Waals surface area (Å²) in [6.07, 6.45) is 2.56. The topological polar surface area (TPSA) is 116 Å². The summed E-state index contributed by atoms with van der Waals surface area (Å²) in [7, 11) is -2.17. The Balaban J connectivity index is 1.69. The summed E-state index contributed by atoms with van der Waals surface area (Å²) >= 11 is 0. The van der Waals surface area contributed by atoms with Crippen LogP contribution in [-0.2, 0) is 21.2 Å². The van der Waals surface area contributed by atoms with E-state index in [0.29, 0.717) is 18.7 Å². The predicted molar refractivity (Wildman–Crippen MR) is 108 cm³/mol. The lowest BCUT2D eigenvalue weighted by molar-refractivity contribution is -0.385. The number of carbonyl (C=O) groups is 1. The van der Waals surface area contributed by atoms with Gasteiger partial charge in [-0.05, 0) is 42.7 Å². The third kappa shape index (κ3) is 4.95. The number of nitro benzene ring substituents is 1. The van der Waals surface area contributed by atoms with Gasteiger partial charge in [-0.25, -0.2) is 8.42 Å². The zero-order valence-electron chi connectivity index (χ0n) is 16.4. The summed E-state index contributed by atoms with van der Waals surface area (Å²) in [5, 5.41) is 11.2. The van der Waals surface area contributed by atoms with Crippen molar-refractivity contribution in [2.75, 3.05) is 20.2 Å². The average molecular weight is 434 g/mol. The van der Waals surface area contributed by atoms with Gasteiger partial charge in [0.2, 0.25) is 15.8 Å². The van der Waals surface area contributed by atoms with Gasteiger partial charge in [0.15, 0.2) is 0 Å². The van der Waals surface area contributed by atoms with E-state index >= 15 is 0 Å². The number of esters is 1. The van der Waals surface area contributed by atoms with Gasteiger partial charge in [0.25, 0.3) is 0 Å². The molecular weight excluding hydrogens is 412 g/mol. The van der Waals surface area contributed by atoms with Gasteiger partial charge in [0.05, 0.1) is 29.4 Å². The van der Waals surface area contributed by atoms with Crippen molar-refractivity contribution in [2.45, 2.75) is 30.6 Å². The van der Waals surface area contributed by atoms with Gasteiger partial charge in [-0.15, -0.1) is 0 Å². The number of rotatable bonds is 7. The molecule has 0 saturated carbocycles. The first-order valence-corrected chi connectivity index (χ1v) is 10.9. The molecule has 1 heterocycles. The van der Waals surface area contributed by atoms with Crippen LogP contribution < -0.4 is 9.47 Å². The minimum atomic E-state index is -3.55. The van der Waals surface area contributed by atoms with Gasteiger partial charge in [0, 0.05) is 13.1 Å². The highest BCUT2D eigenvalue weighted by molar-refractivity contribution is 7.89. The fourth-order valence-corrected chi connectivity index (χ4v) is 4.73. The van der Waals surface area contributed by atoms with Gasteiger partial charge in [-0.1, -0.05) is 18.6 Å². The van der Waals surface area contributed by atoms with Gasteiger partial charge in [-0.3, -0.25) is 14.9 Å². The third-order valence-corrected chi connectivity index (χ3v) is 6.72. The van der Waals surface area contributed by atoms with Gasteiger partial charge < -0.3 is 9.47 Å². The molecule has 1 saturated heterocycles. The number of nitro groups is 1. The molecule has 0 atom stereocenters. The summed E-state index contributed by atoms with van der Waals surface area (Å²) in [5.41, 5.74) is 0.152. The smallest absolute Gasteiger partial charge is 0.315 e. The van der Waals surface area contributed by atoms with E-state index in [0.717, 1.165) is 19.3 Å². The Morgan fingerprint density at radius 3 is 2.37 bits per heavy atom. The second-order valence-corrected chi connectivity index (χ2v) is 8.79. The number of carbonyl (C=O) groups excluding carboxylic acids is 1. The van der Waals surface area contributed by atoms with Crippen LogP contribution in [-0.4, -0.2) is 43.8 Å². The van der Waals surface area contributed by atoms with Crippen LogP contribution in [0.15, 0.2) is 47.4 Å². The molecule has 9 nitrogen and oxygen atoms in total. The van der Waals surface area contributed by atoms with Gasteiger partial charge >= 0.3 is 11.7 Å². The molecule has 1 aliphatic heterocycles. The van der Waals surface area contributed by atoms with E-state index in [-0.39, 0.29) is 28.5 Å². The predicted octanol–water partition coefficient (Wildman–Crippen LogP) is 2.93. The lowest BCUT2D eigenvalue weighted by atomic mass is 10.1. The summed E-state index contributed by atoms with van der Waals surface area (Å²) < 4.78 is 36.9. The molecule has 1 fully saturated rings. The molecule has 2 aromatic rings. The Morgan fingerprint density at radius 2 is 1.77 bits per heavy atom. The molecule has 30 heavy (non-hydrogen) atoms. The Hall–Kier alpha value is -2.98. The maximum atomic E-state index is 12.7. The van der Waals surface area contributed by atoms with Crippen LogP contribution >= 0.6 is 0 Å². The van der Waals surface area contributed by atoms with E-state index in [1.54, 1.807) is 12.1 Å². The summed E-state index contributed by atoms with van der Waals surface area (Å²) in [6, 6.07) is 9.92. The van der Waals surface area contributed by atoms with E-state index in [1.165, 1.54) is 41.7 Å². The van der Waals surface area contributed by atoms with Crippen LogP contribution in [0.5, 0.6) is 11.5 Å². The van der Waals surface area contributed by atoms with E-state index in [2.05, 4.69) is 0 Å². The first kappa shape index (κ1) is 21.7. The molecule has 160 valence electrons. The minimum Gasteiger partial charge on any atom is -0.496 e. The van der Waals surface area contributed by atoms with Crippen molar-refractivity contribution >= 4 is 21.7 Å². The fraction of sp³-hybridized carbons (Fsp3) is 0.350. The van der Waals surface area contributed by atoms with Gasteiger partial charge in [-0.2, -0.15) is 4.31 Å². The normalized spacial score (nSPS) is 14.8. The van der Waals surface area contributed by atoms with Crippen LogP contribution in [0.1, 0.15) is 24.8 Å². The summed E-state index contributed by atoms with van der Waals surface area (Å²) in [6.45, 7) is 1.02. The summed E-state index contributed by atoms with van der Waals surface area (Å²) in [4.78, 5) is 22.9. The lowest BCUT2D eigenvalue weighted by Gasteiger charge is -2.25. The van der Waals surface area contributed by atoms with Crippen LogP contribution in [0.25, 0.3) is 0 Å². The summed E-state index contributed by atoms with van der Waals surface area (Å²) in [5.74, 6) is -0.614. The van der Waals surface area contributed by atoms with Crippen LogP contribution in [0.3, 0.4) is 0 Å². The molecule has 0 N–H and O–H groups in total. The number of hydrogen-bond donors (Lipinski definition) is 0. The van der Waals surface area contributed by atoms with E-state index in [1.807, 2.05) is 0 Å². The third-order valence-electron chi connectivity index (χ3n) is 4.81. The minimum absolute atomic E-state index is 0.159. The Labute approximate surface area is 174 Å². The monoisotopic (exact) mass is 434 g/mol. The Morgan fingerprint density at radius 1 is 1.10 bits per heavy atom.